The Labute approximate surface area is 51.4 Å². The van der Waals surface area contributed by atoms with Gasteiger partial charge >= 0.3 is 0 Å². The topological polar surface area (TPSA) is 0 Å². The van der Waals surface area contributed by atoms with Crippen LogP contribution < -0.4 is 0 Å². The summed E-state index contributed by atoms with van der Waals surface area (Å²) in [6, 6.07) is 0. The number of rotatable bonds is 0. The van der Waals surface area contributed by atoms with Crippen LogP contribution in [0, 0.1) is 11.8 Å². The van der Waals surface area contributed by atoms with Crippen molar-refractivity contribution in [3.63, 3.8) is 0 Å². The molecule has 1 heteroatoms. The molecule has 0 N–H and O–H groups in total. The van der Waals surface area contributed by atoms with E-state index in [1.165, 1.54) is 24.7 Å². The number of hydrogen-bond donors (Lipinski definition) is 0. The van der Waals surface area contributed by atoms with E-state index in [4.69, 9.17) is 0 Å². The molecule has 6 heavy (non-hydrogen) atoms. The van der Waals surface area contributed by atoms with E-state index in [0.29, 0.717) is 0 Å². The highest BCUT2D eigenvalue weighted by Crippen LogP contribution is 2.60. The summed E-state index contributed by atoms with van der Waals surface area (Å²) in [7, 11) is 0. The largest absolute Gasteiger partial charge is 0.0820 e. The van der Waals surface area contributed by atoms with Crippen LogP contribution in [0.2, 0.25) is 0 Å². The van der Waals surface area contributed by atoms with E-state index >= 15 is 0 Å². The summed E-state index contributed by atoms with van der Waals surface area (Å²) < 4.78 is 1.10. The van der Waals surface area contributed by atoms with Crippen molar-refractivity contribution in [3.05, 3.63) is 0 Å². The smallest absolute Gasteiger partial charge is 0.0172 e. The van der Waals surface area contributed by atoms with Crippen molar-refractivity contribution < 1.29 is 0 Å². The molecule has 2 rings (SSSR count). The zero-order chi connectivity index (χ0) is 4.15. The van der Waals surface area contributed by atoms with Crippen molar-refractivity contribution in [1.82, 2.24) is 0 Å². The molecule has 0 spiro atoms. The Morgan fingerprint density at radius 2 is 1.67 bits per heavy atom. The molecule has 0 aliphatic heterocycles. The van der Waals surface area contributed by atoms with Gasteiger partial charge in [0.1, 0.15) is 0 Å². The quantitative estimate of drug-likeness (QED) is 0.407. The van der Waals surface area contributed by atoms with Gasteiger partial charge in [-0.25, -0.2) is 0 Å². The Hall–Kier alpha value is 0.730. The van der Waals surface area contributed by atoms with Gasteiger partial charge in [-0.2, -0.15) is 0 Å². The van der Waals surface area contributed by atoms with E-state index in [2.05, 4.69) is 22.6 Å². The van der Waals surface area contributed by atoms with E-state index in [1.807, 2.05) is 0 Å². The average molecular weight is 194 g/mol. The Morgan fingerprint density at radius 3 is 1.67 bits per heavy atom. The third kappa shape index (κ3) is 0.266. The molecule has 0 nitrogen and oxygen atoms in total. The van der Waals surface area contributed by atoms with Crippen molar-refractivity contribution in [2.75, 3.05) is 0 Å². The molecule has 0 aromatic rings. The Morgan fingerprint density at radius 1 is 1.17 bits per heavy atom. The van der Waals surface area contributed by atoms with E-state index in [-0.39, 0.29) is 0 Å². The lowest BCUT2D eigenvalue weighted by atomic mass is 10.0. The number of fused-ring (bicyclic) bond motifs is 1. The van der Waals surface area contributed by atoms with Gasteiger partial charge in [-0.05, 0) is 24.7 Å². The zero-order valence-electron chi connectivity index (χ0n) is 3.52. The van der Waals surface area contributed by atoms with Gasteiger partial charge in [0.2, 0.25) is 0 Å². The van der Waals surface area contributed by atoms with Crippen LogP contribution in [0.4, 0.5) is 0 Å². The summed E-state index contributed by atoms with van der Waals surface area (Å²) in [6.07, 6.45) is 3.08. The molecule has 0 heterocycles. The van der Waals surface area contributed by atoms with Gasteiger partial charge < -0.3 is 0 Å². The fourth-order valence-corrected chi connectivity index (χ4v) is 2.81. The van der Waals surface area contributed by atoms with Gasteiger partial charge in [0, 0.05) is 3.92 Å². The molecule has 2 unspecified atom stereocenters. The standard InChI is InChI=1S/C5H7I/c6-5-3-1-2-4(3)5/h3-5H,1-2H2. The molecule has 2 atom stereocenters. The first-order valence-corrected chi connectivity index (χ1v) is 3.78. The Bertz CT molecular complexity index is 63.3. The second-order valence-corrected chi connectivity index (χ2v) is 3.79. The monoisotopic (exact) mass is 194 g/mol. The first kappa shape index (κ1) is 3.70. The second-order valence-electron chi connectivity index (χ2n) is 2.35. The summed E-state index contributed by atoms with van der Waals surface area (Å²) in [6.45, 7) is 0. The maximum absolute atomic E-state index is 2.57. The first-order valence-electron chi connectivity index (χ1n) is 2.53. The minimum atomic E-state index is 1.10. The summed E-state index contributed by atoms with van der Waals surface area (Å²) in [5.41, 5.74) is 0. The SMILES string of the molecule is IC1C2CCC12. The van der Waals surface area contributed by atoms with E-state index in [9.17, 15) is 0 Å². The zero-order valence-corrected chi connectivity index (χ0v) is 5.68. The molecule has 0 aromatic heterocycles. The highest BCUT2D eigenvalue weighted by Gasteiger charge is 2.54. The third-order valence-corrected chi connectivity index (χ3v) is 3.91. The van der Waals surface area contributed by atoms with E-state index in [0.717, 1.165) is 3.92 Å². The highest BCUT2D eigenvalue weighted by molar-refractivity contribution is 14.1. The van der Waals surface area contributed by atoms with Gasteiger partial charge in [-0.3, -0.25) is 0 Å². The summed E-state index contributed by atoms with van der Waals surface area (Å²) in [4.78, 5) is 0. The molecule has 2 fully saturated rings. The number of alkyl halides is 1. The molecule has 0 saturated heterocycles. The molecule has 2 aliphatic carbocycles. The van der Waals surface area contributed by atoms with Crippen LogP contribution in [0.15, 0.2) is 0 Å². The van der Waals surface area contributed by atoms with Crippen LogP contribution in [-0.4, -0.2) is 3.92 Å². The predicted molar refractivity (Wildman–Crippen MR) is 34.0 cm³/mol. The van der Waals surface area contributed by atoms with Crippen molar-refractivity contribution >= 4 is 22.6 Å². The minimum Gasteiger partial charge on any atom is -0.0820 e. The van der Waals surface area contributed by atoms with Gasteiger partial charge in [-0.15, -0.1) is 0 Å². The van der Waals surface area contributed by atoms with Crippen molar-refractivity contribution in [1.29, 1.82) is 0 Å². The fourth-order valence-electron chi connectivity index (χ4n) is 1.27. The third-order valence-electron chi connectivity index (χ3n) is 2.06. The molecular formula is C5H7I. The molecular weight excluding hydrogens is 187 g/mol. The Balaban J connectivity index is 2.11. The maximum Gasteiger partial charge on any atom is 0.0172 e. The lowest BCUT2D eigenvalue weighted by Crippen LogP contribution is -1.93. The van der Waals surface area contributed by atoms with Gasteiger partial charge in [0.15, 0.2) is 0 Å². The molecule has 34 valence electrons. The van der Waals surface area contributed by atoms with Gasteiger partial charge in [0.05, 0.1) is 0 Å². The van der Waals surface area contributed by atoms with Crippen LogP contribution >= 0.6 is 22.6 Å². The van der Waals surface area contributed by atoms with Crippen LogP contribution in [0.1, 0.15) is 12.8 Å². The van der Waals surface area contributed by atoms with Crippen molar-refractivity contribution in [2.45, 2.75) is 16.8 Å². The predicted octanol–water partition coefficient (Wildman–Crippen LogP) is 1.83. The van der Waals surface area contributed by atoms with Crippen molar-refractivity contribution in [2.24, 2.45) is 11.8 Å². The van der Waals surface area contributed by atoms with E-state index in [1.54, 1.807) is 0 Å². The Kier molecular flexibility index (Phi) is 0.574. The molecule has 0 aromatic carbocycles. The molecule has 0 radical (unpaired) electrons. The lowest BCUT2D eigenvalue weighted by molar-refractivity contribution is 0.468. The number of halogens is 1. The second kappa shape index (κ2) is 0.932. The summed E-state index contributed by atoms with van der Waals surface area (Å²) in [5, 5.41) is 0. The summed E-state index contributed by atoms with van der Waals surface area (Å²) in [5.74, 6) is 2.37. The first-order chi connectivity index (χ1) is 2.89. The lowest BCUT2D eigenvalue weighted by Gasteiger charge is -2.04. The van der Waals surface area contributed by atoms with Gasteiger partial charge in [-0.1, -0.05) is 22.6 Å². The van der Waals surface area contributed by atoms with Gasteiger partial charge in [0.25, 0.3) is 0 Å². The number of hydrogen-bond acceptors (Lipinski definition) is 0. The maximum atomic E-state index is 2.57. The normalized spacial score (nSPS) is 62.5. The average Bonchev–Trinajstić information content (AvgIpc) is 1.63. The van der Waals surface area contributed by atoms with Crippen LogP contribution in [0.3, 0.4) is 0 Å². The molecule has 2 saturated carbocycles. The summed E-state index contributed by atoms with van der Waals surface area (Å²) >= 11 is 2.57. The highest BCUT2D eigenvalue weighted by atomic mass is 127. The van der Waals surface area contributed by atoms with Crippen LogP contribution in [-0.2, 0) is 0 Å². The molecule has 0 bridgehead atoms. The van der Waals surface area contributed by atoms with E-state index < -0.39 is 0 Å². The molecule has 2 aliphatic rings. The van der Waals surface area contributed by atoms with Crippen LogP contribution in [0.25, 0.3) is 0 Å². The minimum absolute atomic E-state index is 1.10. The van der Waals surface area contributed by atoms with Crippen LogP contribution in [0.5, 0.6) is 0 Å². The molecule has 0 amide bonds. The van der Waals surface area contributed by atoms with Crippen molar-refractivity contribution in [3.8, 4) is 0 Å². The fraction of sp³-hybridized carbons (Fsp3) is 1.00.